The van der Waals surface area contributed by atoms with Gasteiger partial charge in [0.2, 0.25) is 0 Å². The van der Waals surface area contributed by atoms with E-state index in [0.29, 0.717) is 26.4 Å². The van der Waals surface area contributed by atoms with Gasteiger partial charge in [0.15, 0.2) is 0 Å². The van der Waals surface area contributed by atoms with E-state index in [0.717, 1.165) is 51.4 Å². The van der Waals surface area contributed by atoms with Gasteiger partial charge in [0.1, 0.15) is 0 Å². The van der Waals surface area contributed by atoms with Gasteiger partial charge in [-0.1, -0.05) is 0 Å². The number of hydrogen-bond acceptors (Lipinski definition) is 4. The summed E-state index contributed by atoms with van der Waals surface area (Å²) in [6.45, 7) is 11.4. The molecule has 0 aromatic rings. The third kappa shape index (κ3) is 11.9. The van der Waals surface area contributed by atoms with Gasteiger partial charge in [-0.3, -0.25) is 0 Å². The Morgan fingerprint density at radius 3 is 0.905 bits per heavy atom. The minimum atomic E-state index is -3.77. The third-order valence-electron chi connectivity index (χ3n) is 2.90. The Hall–Kier alpha value is 0.736. The average molecular weight is 501 g/mol. The van der Waals surface area contributed by atoms with Crippen molar-refractivity contribution in [1.82, 2.24) is 0 Å². The van der Waals surface area contributed by atoms with Crippen LogP contribution in [0.3, 0.4) is 0 Å². The standard InChI is InChI=1S/4C4H9O.Po/c4*1-2-3-4-5;/h4*2-4H2,1H3;/q4*-1;+4. The molecule has 0 aromatic heterocycles. The Morgan fingerprint density at radius 1 is 0.476 bits per heavy atom. The van der Waals surface area contributed by atoms with Gasteiger partial charge in [-0.15, -0.1) is 0 Å². The summed E-state index contributed by atoms with van der Waals surface area (Å²) < 4.78 is 24.2. The predicted molar refractivity (Wildman–Crippen MR) is 89.2 cm³/mol. The minimum absolute atomic E-state index is 0.691. The van der Waals surface area contributed by atoms with Gasteiger partial charge in [-0.25, -0.2) is 0 Å². The molecule has 0 rings (SSSR count). The number of hydrogen-bond donors (Lipinski definition) is 0. The molecule has 0 aliphatic carbocycles. The molecular weight excluding hydrogens is 465 g/mol. The zero-order valence-corrected chi connectivity index (χ0v) is 17.7. The van der Waals surface area contributed by atoms with Crippen molar-refractivity contribution in [2.24, 2.45) is 0 Å². The molecule has 0 aliphatic rings. The maximum absolute atomic E-state index is 6.05. The Morgan fingerprint density at radius 2 is 0.714 bits per heavy atom. The molecule has 0 aromatic carbocycles. The van der Waals surface area contributed by atoms with E-state index in [2.05, 4.69) is 27.7 Å². The van der Waals surface area contributed by atoms with E-state index < -0.39 is 22.3 Å². The second kappa shape index (κ2) is 15.6. The third-order valence-corrected chi connectivity index (χ3v) is 9.98. The van der Waals surface area contributed by atoms with Crippen molar-refractivity contribution >= 4 is 22.3 Å². The van der Waals surface area contributed by atoms with Gasteiger partial charge in [-0.2, -0.15) is 0 Å². The molecular formula is C16H36O4Po. The first-order valence-corrected chi connectivity index (χ1v) is 13.8. The zero-order chi connectivity index (χ0) is 15.8. The summed E-state index contributed by atoms with van der Waals surface area (Å²) in [7, 11) is 0. The van der Waals surface area contributed by atoms with Crippen molar-refractivity contribution < 1.29 is 11.1 Å². The van der Waals surface area contributed by atoms with Gasteiger partial charge in [-0.05, 0) is 0 Å². The fourth-order valence-electron chi connectivity index (χ4n) is 1.43. The summed E-state index contributed by atoms with van der Waals surface area (Å²) in [5.41, 5.74) is 0. The molecule has 0 aliphatic heterocycles. The predicted octanol–water partition coefficient (Wildman–Crippen LogP) is 4.69. The first-order valence-electron chi connectivity index (χ1n) is 8.65. The van der Waals surface area contributed by atoms with Crippen LogP contribution in [0.15, 0.2) is 0 Å². The molecule has 0 unspecified atom stereocenters. The molecule has 0 fully saturated rings. The Kier molecular flexibility index (Phi) is 16.2. The van der Waals surface area contributed by atoms with Gasteiger partial charge in [0.25, 0.3) is 0 Å². The Balaban J connectivity index is 4.52. The second-order valence-corrected chi connectivity index (χ2v) is 11.9. The van der Waals surface area contributed by atoms with E-state index in [9.17, 15) is 0 Å². The molecule has 0 N–H and O–H groups in total. The molecule has 130 valence electrons. The average Bonchev–Trinajstić information content (AvgIpc) is 2.48. The maximum atomic E-state index is 6.05. The molecule has 0 saturated carbocycles. The van der Waals surface area contributed by atoms with Crippen LogP contribution in [0.2, 0.25) is 0 Å². The van der Waals surface area contributed by atoms with Crippen molar-refractivity contribution in [3.05, 3.63) is 0 Å². The zero-order valence-electron chi connectivity index (χ0n) is 14.5. The van der Waals surface area contributed by atoms with Gasteiger partial charge in [0.05, 0.1) is 0 Å². The van der Waals surface area contributed by atoms with Crippen molar-refractivity contribution in [2.45, 2.75) is 79.1 Å². The van der Waals surface area contributed by atoms with Crippen LogP contribution >= 0.6 is 0 Å². The van der Waals surface area contributed by atoms with E-state index in [1.165, 1.54) is 0 Å². The van der Waals surface area contributed by atoms with E-state index >= 15 is 0 Å². The second-order valence-electron chi connectivity index (χ2n) is 5.11. The van der Waals surface area contributed by atoms with Crippen LogP contribution in [0, 0.1) is 0 Å². The first kappa shape index (κ1) is 21.7. The quantitative estimate of drug-likeness (QED) is 0.288. The van der Waals surface area contributed by atoms with Crippen molar-refractivity contribution in [3.63, 3.8) is 0 Å². The van der Waals surface area contributed by atoms with E-state index in [1.54, 1.807) is 0 Å². The van der Waals surface area contributed by atoms with Crippen LogP contribution in [0.5, 0.6) is 0 Å². The van der Waals surface area contributed by atoms with Crippen LogP contribution < -0.4 is 0 Å². The Labute approximate surface area is 138 Å². The molecule has 5 heteroatoms. The normalized spacial score (nSPS) is 12.8. The van der Waals surface area contributed by atoms with E-state index in [1.807, 2.05) is 0 Å². The SMILES string of the molecule is CCCC[O][Po]([O]CCCC)([O]CCCC)[O]CCCC. The first-order chi connectivity index (χ1) is 10.2. The van der Waals surface area contributed by atoms with Crippen LogP contribution in [0.4, 0.5) is 0 Å². The van der Waals surface area contributed by atoms with E-state index in [-0.39, 0.29) is 0 Å². The van der Waals surface area contributed by atoms with Crippen molar-refractivity contribution in [2.75, 3.05) is 26.4 Å². The topological polar surface area (TPSA) is 36.9 Å². The van der Waals surface area contributed by atoms with Crippen LogP contribution in [0.25, 0.3) is 0 Å². The summed E-state index contributed by atoms with van der Waals surface area (Å²) in [5, 5.41) is 0. The molecule has 0 heterocycles. The monoisotopic (exact) mass is 501 g/mol. The summed E-state index contributed by atoms with van der Waals surface area (Å²) in [6.07, 6.45) is 8.57. The van der Waals surface area contributed by atoms with Crippen LogP contribution in [0.1, 0.15) is 79.1 Å². The summed E-state index contributed by atoms with van der Waals surface area (Å²) in [4.78, 5) is 0. The van der Waals surface area contributed by atoms with Gasteiger partial charge in [0, 0.05) is 0 Å². The van der Waals surface area contributed by atoms with Gasteiger partial charge >= 0.3 is 139 Å². The summed E-state index contributed by atoms with van der Waals surface area (Å²) in [5.74, 6) is 0. The van der Waals surface area contributed by atoms with Crippen LogP contribution in [-0.2, 0) is 11.1 Å². The van der Waals surface area contributed by atoms with Crippen LogP contribution in [-0.4, -0.2) is 48.8 Å². The van der Waals surface area contributed by atoms with E-state index in [4.69, 9.17) is 11.1 Å². The number of unbranched alkanes of at least 4 members (excludes halogenated alkanes) is 4. The van der Waals surface area contributed by atoms with Gasteiger partial charge < -0.3 is 0 Å². The molecule has 21 heavy (non-hydrogen) atoms. The van der Waals surface area contributed by atoms with Crippen molar-refractivity contribution in [1.29, 1.82) is 0 Å². The molecule has 0 spiro atoms. The molecule has 0 radical (unpaired) electrons. The van der Waals surface area contributed by atoms with Crippen molar-refractivity contribution in [3.8, 4) is 0 Å². The Bertz CT molecular complexity index is 169. The molecule has 0 amide bonds. The molecule has 0 saturated heterocycles. The fourth-order valence-corrected chi connectivity index (χ4v) is 8.02. The summed E-state index contributed by atoms with van der Waals surface area (Å²) in [6, 6.07) is 0. The summed E-state index contributed by atoms with van der Waals surface area (Å²) >= 11 is -3.77. The molecule has 0 atom stereocenters. The molecule has 0 bridgehead atoms. The number of rotatable bonds is 16. The fraction of sp³-hybridized carbons (Fsp3) is 1.00. The molecule has 4 nitrogen and oxygen atoms in total.